The number of nitrogens with one attached hydrogen (secondary N) is 1. The summed E-state index contributed by atoms with van der Waals surface area (Å²) in [7, 11) is 3.35. The minimum Gasteiger partial charge on any atom is -0.484 e. The fourth-order valence-electron chi connectivity index (χ4n) is 1.82. The number of likely N-dealkylation sites (N-methyl/N-ethyl adjacent to an activating group) is 1. The number of nitrogens with zero attached hydrogens (tertiary/aromatic N) is 1. The predicted octanol–water partition coefficient (Wildman–Crippen LogP) is 2.32. The standard InChI is InChI=1S/C17H20N2O4/c1-19(2)17(21)12-23-15-7-5-13(6-8-15)18-16(20)10-9-14-4-3-11-22-14/h3-8,11H,9-10,12H2,1-2H3,(H,18,20). The van der Waals surface area contributed by atoms with E-state index in [4.69, 9.17) is 9.15 Å². The maximum absolute atomic E-state index is 11.8. The van der Waals surface area contributed by atoms with Crippen molar-refractivity contribution in [3.8, 4) is 5.75 Å². The van der Waals surface area contributed by atoms with Gasteiger partial charge in [-0.05, 0) is 36.4 Å². The molecular weight excluding hydrogens is 296 g/mol. The molecule has 1 heterocycles. The number of rotatable bonds is 7. The topological polar surface area (TPSA) is 71.8 Å². The number of anilines is 1. The van der Waals surface area contributed by atoms with Gasteiger partial charge in [0.05, 0.1) is 6.26 Å². The van der Waals surface area contributed by atoms with Gasteiger partial charge < -0.3 is 19.4 Å². The van der Waals surface area contributed by atoms with Gasteiger partial charge in [0.1, 0.15) is 11.5 Å². The van der Waals surface area contributed by atoms with Gasteiger partial charge in [-0.15, -0.1) is 0 Å². The molecule has 0 atom stereocenters. The van der Waals surface area contributed by atoms with Crippen molar-refractivity contribution in [2.75, 3.05) is 26.0 Å². The van der Waals surface area contributed by atoms with E-state index in [0.29, 0.717) is 24.3 Å². The fraction of sp³-hybridized carbons (Fsp3) is 0.294. The second-order valence-corrected chi connectivity index (χ2v) is 5.23. The second-order valence-electron chi connectivity index (χ2n) is 5.23. The first-order chi connectivity index (χ1) is 11.0. The van der Waals surface area contributed by atoms with Gasteiger partial charge >= 0.3 is 0 Å². The van der Waals surface area contributed by atoms with Crippen LogP contribution in [-0.4, -0.2) is 37.4 Å². The third-order valence-electron chi connectivity index (χ3n) is 3.18. The SMILES string of the molecule is CN(C)C(=O)COc1ccc(NC(=O)CCc2ccco2)cc1. The second kappa shape index (κ2) is 8.03. The Bertz CT molecular complexity index is 633. The van der Waals surface area contributed by atoms with E-state index in [0.717, 1.165) is 5.76 Å². The lowest BCUT2D eigenvalue weighted by molar-refractivity contribution is -0.130. The predicted molar refractivity (Wildman–Crippen MR) is 86.3 cm³/mol. The molecule has 0 saturated heterocycles. The molecule has 0 saturated carbocycles. The van der Waals surface area contributed by atoms with E-state index in [-0.39, 0.29) is 18.4 Å². The molecule has 1 aromatic heterocycles. The lowest BCUT2D eigenvalue weighted by Crippen LogP contribution is -2.27. The monoisotopic (exact) mass is 316 g/mol. The minimum absolute atomic E-state index is 0.0121. The molecule has 1 N–H and O–H groups in total. The van der Waals surface area contributed by atoms with Crippen LogP contribution in [0.2, 0.25) is 0 Å². The Labute approximate surface area is 135 Å². The molecule has 0 aliphatic carbocycles. The molecule has 0 radical (unpaired) electrons. The number of carbonyl (C=O) groups excluding carboxylic acids is 2. The van der Waals surface area contributed by atoms with Gasteiger partial charge in [0.25, 0.3) is 5.91 Å². The maximum Gasteiger partial charge on any atom is 0.259 e. The molecule has 0 unspecified atom stereocenters. The summed E-state index contributed by atoms with van der Waals surface area (Å²) in [6.07, 6.45) is 2.50. The zero-order chi connectivity index (χ0) is 16.7. The van der Waals surface area contributed by atoms with Gasteiger partial charge in [-0.2, -0.15) is 0 Å². The average Bonchev–Trinajstić information content (AvgIpc) is 3.05. The fourth-order valence-corrected chi connectivity index (χ4v) is 1.82. The number of hydrogen-bond donors (Lipinski definition) is 1. The summed E-state index contributed by atoms with van der Waals surface area (Å²) in [4.78, 5) is 24.7. The van der Waals surface area contributed by atoms with Crippen molar-refractivity contribution in [2.45, 2.75) is 12.8 Å². The highest BCUT2D eigenvalue weighted by atomic mass is 16.5. The van der Waals surface area contributed by atoms with Crippen LogP contribution < -0.4 is 10.1 Å². The van der Waals surface area contributed by atoms with Crippen LogP contribution >= 0.6 is 0 Å². The van der Waals surface area contributed by atoms with Crippen molar-refractivity contribution in [2.24, 2.45) is 0 Å². The highest BCUT2D eigenvalue weighted by Crippen LogP contribution is 2.16. The van der Waals surface area contributed by atoms with E-state index in [1.54, 1.807) is 50.7 Å². The maximum atomic E-state index is 11.8. The van der Waals surface area contributed by atoms with Crippen LogP contribution in [0.1, 0.15) is 12.2 Å². The number of amides is 2. The summed E-state index contributed by atoms with van der Waals surface area (Å²) < 4.78 is 10.6. The van der Waals surface area contributed by atoms with Crippen molar-refractivity contribution in [1.29, 1.82) is 0 Å². The van der Waals surface area contributed by atoms with E-state index >= 15 is 0 Å². The number of hydrogen-bond acceptors (Lipinski definition) is 4. The average molecular weight is 316 g/mol. The highest BCUT2D eigenvalue weighted by molar-refractivity contribution is 5.90. The van der Waals surface area contributed by atoms with Gasteiger partial charge in [0, 0.05) is 32.6 Å². The Morgan fingerprint density at radius 2 is 1.91 bits per heavy atom. The van der Waals surface area contributed by atoms with E-state index in [1.165, 1.54) is 4.90 Å². The summed E-state index contributed by atoms with van der Waals surface area (Å²) in [6, 6.07) is 10.5. The quantitative estimate of drug-likeness (QED) is 0.851. The van der Waals surface area contributed by atoms with Gasteiger partial charge in [-0.1, -0.05) is 0 Å². The molecule has 1 aromatic carbocycles. The first kappa shape index (κ1) is 16.6. The van der Waals surface area contributed by atoms with Crippen LogP contribution in [-0.2, 0) is 16.0 Å². The van der Waals surface area contributed by atoms with Crippen molar-refractivity contribution in [3.05, 3.63) is 48.4 Å². The lowest BCUT2D eigenvalue weighted by atomic mass is 10.2. The van der Waals surface area contributed by atoms with Crippen LogP contribution in [0.3, 0.4) is 0 Å². The van der Waals surface area contributed by atoms with Gasteiger partial charge in [0.2, 0.25) is 5.91 Å². The Balaban J connectivity index is 1.77. The van der Waals surface area contributed by atoms with Crippen LogP contribution in [0.5, 0.6) is 5.75 Å². The Morgan fingerprint density at radius 3 is 2.52 bits per heavy atom. The summed E-state index contributed by atoms with van der Waals surface area (Å²) in [5, 5.41) is 2.80. The smallest absolute Gasteiger partial charge is 0.259 e. The summed E-state index contributed by atoms with van der Waals surface area (Å²) in [6.45, 7) is -0.0121. The molecule has 0 fully saturated rings. The molecule has 2 aromatic rings. The van der Waals surface area contributed by atoms with E-state index in [1.807, 2.05) is 6.07 Å². The molecule has 0 bridgehead atoms. The highest BCUT2D eigenvalue weighted by Gasteiger charge is 2.07. The van der Waals surface area contributed by atoms with Gasteiger partial charge in [0.15, 0.2) is 6.61 Å². The summed E-state index contributed by atoms with van der Waals surface area (Å²) >= 11 is 0. The Kier molecular flexibility index (Phi) is 5.80. The molecule has 122 valence electrons. The normalized spacial score (nSPS) is 10.2. The van der Waals surface area contributed by atoms with E-state index in [9.17, 15) is 9.59 Å². The summed E-state index contributed by atoms with van der Waals surface area (Å²) in [5.74, 6) is 1.17. The van der Waals surface area contributed by atoms with E-state index in [2.05, 4.69) is 5.32 Å². The Morgan fingerprint density at radius 1 is 1.17 bits per heavy atom. The molecule has 2 rings (SSSR count). The molecule has 0 spiro atoms. The number of benzene rings is 1. The van der Waals surface area contributed by atoms with Crippen molar-refractivity contribution < 1.29 is 18.7 Å². The number of ether oxygens (including phenoxy) is 1. The van der Waals surface area contributed by atoms with Gasteiger partial charge in [-0.3, -0.25) is 9.59 Å². The van der Waals surface area contributed by atoms with Crippen LogP contribution in [0.4, 0.5) is 5.69 Å². The number of carbonyl (C=O) groups is 2. The van der Waals surface area contributed by atoms with Crippen LogP contribution in [0.25, 0.3) is 0 Å². The van der Waals surface area contributed by atoms with Crippen LogP contribution in [0.15, 0.2) is 47.1 Å². The number of aryl methyl sites for hydroxylation is 1. The zero-order valence-corrected chi connectivity index (χ0v) is 13.2. The lowest BCUT2D eigenvalue weighted by Gasteiger charge is -2.11. The van der Waals surface area contributed by atoms with E-state index < -0.39 is 0 Å². The zero-order valence-electron chi connectivity index (χ0n) is 13.2. The first-order valence-corrected chi connectivity index (χ1v) is 7.30. The molecule has 2 amide bonds. The van der Waals surface area contributed by atoms with Crippen molar-refractivity contribution in [3.63, 3.8) is 0 Å². The number of furan rings is 1. The largest absolute Gasteiger partial charge is 0.484 e. The Hall–Kier alpha value is -2.76. The molecule has 6 heteroatoms. The molecule has 23 heavy (non-hydrogen) atoms. The van der Waals surface area contributed by atoms with Crippen LogP contribution in [0, 0.1) is 0 Å². The molecule has 0 aliphatic rings. The summed E-state index contributed by atoms with van der Waals surface area (Å²) in [5.41, 5.74) is 0.681. The molecular formula is C17H20N2O4. The molecule has 6 nitrogen and oxygen atoms in total. The third kappa shape index (κ3) is 5.50. The minimum atomic E-state index is -0.111. The van der Waals surface area contributed by atoms with Gasteiger partial charge in [-0.25, -0.2) is 0 Å². The van der Waals surface area contributed by atoms with Crippen molar-refractivity contribution in [1.82, 2.24) is 4.90 Å². The first-order valence-electron chi connectivity index (χ1n) is 7.30. The molecule has 0 aliphatic heterocycles. The third-order valence-corrected chi connectivity index (χ3v) is 3.18. The van der Waals surface area contributed by atoms with Crippen molar-refractivity contribution >= 4 is 17.5 Å².